The summed E-state index contributed by atoms with van der Waals surface area (Å²) in [5, 5.41) is 1.14. The van der Waals surface area contributed by atoms with Gasteiger partial charge in [0.2, 0.25) is 0 Å². The van der Waals surface area contributed by atoms with E-state index in [-0.39, 0.29) is 5.56 Å². The molecule has 0 spiro atoms. The quantitative estimate of drug-likeness (QED) is 0.682. The molecule has 0 unspecified atom stereocenters. The lowest BCUT2D eigenvalue weighted by Gasteiger charge is -2.11. The van der Waals surface area contributed by atoms with Crippen molar-refractivity contribution in [2.45, 2.75) is 13.5 Å². The second-order valence-corrected chi connectivity index (χ2v) is 4.75. The third kappa shape index (κ3) is 2.17. The van der Waals surface area contributed by atoms with Crippen LogP contribution < -0.4 is 5.56 Å². The van der Waals surface area contributed by atoms with Crippen LogP contribution in [0.2, 0.25) is 0 Å². The number of hydrogen-bond donors (Lipinski definition) is 0. The van der Waals surface area contributed by atoms with Crippen LogP contribution in [0.3, 0.4) is 0 Å². The molecule has 0 saturated heterocycles. The summed E-state index contributed by atoms with van der Waals surface area (Å²) >= 11 is 0. The van der Waals surface area contributed by atoms with Gasteiger partial charge < -0.3 is 4.57 Å². The number of para-hydroxylation sites is 1. The van der Waals surface area contributed by atoms with E-state index in [1.165, 1.54) is 0 Å². The van der Waals surface area contributed by atoms with Gasteiger partial charge in [-0.1, -0.05) is 48.5 Å². The third-order valence-corrected chi connectivity index (χ3v) is 3.41. The molecule has 2 heteroatoms. The number of hydrogen-bond acceptors (Lipinski definition) is 1. The Morgan fingerprint density at radius 2 is 1.63 bits per heavy atom. The summed E-state index contributed by atoms with van der Waals surface area (Å²) in [6.07, 6.45) is 0. The third-order valence-electron chi connectivity index (χ3n) is 3.41. The molecule has 0 bridgehead atoms. The molecule has 94 valence electrons. The van der Waals surface area contributed by atoms with Gasteiger partial charge in [-0.3, -0.25) is 4.79 Å². The van der Waals surface area contributed by atoms with Gasteiger partial charge in [0.15, 0.2) is 0 Å². The van der Waals surface area contributed by atoms with Gasteiger partial charge >= 0.3 is 0 Å². The number of aryl methyl sites for hydroxylation is 1. The van der Waals surface area contributed by atoms with Crippen molar-refractivity contribution in [3.63, 3.8) is 0 Å². The second kappa shape index (κ2) is 4.73. The Morgan fingerprint density at radius 1 is 0.947 bits per heavy atom. The highest BCUT2D eigenvalue weighted by Gasteiger charge is 2.06. The summed E-state index contributed by atoms with van der Waals surface area (Å²) in [7, 11) is 0. The van der Waals surface area contributed by atoms with E-state index in [0.717, 1.165) is 22.0 Å². The lowest BCUT2D eigenvalue weighted by molar-refractivity contribution is 0.793. The van der Waals surface area contributed by atoms with Gasteiger partial charge in [0, 0.05) is 11.5 Å². The first kappa shape index (κ1) is 11.7. The standard InChI is InChI=1S/C17H15NO/c1-13-11-17(19)18(12-14-7-3-2-4-8-14)16-10-6-5-9-15(13)16/h2-11H,12H2,1H3. The van der Waals surface area contributed by atoms with Crippen molar-refractivity contribution in [2.24, 2.45) is 0 Å². The van der Waals surface area contributed by atoms with Crippen LogP contribution >= 0.6 is 0 Å². The summed E-state index contributed by atoms with van der Waals surface area (Å²) in [6, 6.07) is 19.8. The van der Waals surface area contributed by atoms with Gasteiger partial charge in [-0.05, 0) is 24.1 Å². The van der Waals surface area contributed by atoms with Gasteiger partial charge in [0.05, 0.1) is 12.1 Å². The van der Waals surface area contributed by atoms with Gasteiger partial charge in [0.1, 0.15) is 0 Å². The zero-order valence-corrected chi connectivity index (χ0v) is 10.8. The fraction of sp³-hybridized carbons (Fsp3) is 0.118. The van der Waals surface area contributed by atoms with Crippen LogP contribution in [-0.4, -0.2) is 4.57 Å². The molecule has 0 N–H and O–H groups in total. The lowest BCUT2D eigenvalue weighted by atomic mass is 10.1. The van der Waals surface area contributed by atoms with E-state index < -0.39 is 0 Å². The van der Waals surface area contributed by atoms with Crippen LogP contribution in [-0.2, 0) is 6.54 Å². The molecule has 3 rings (SSSR count). The number of benzene rings is 2. The second-order valence-electron chi connectivity index (χ2n) is 4.75. The predicted octanol–water partition coefficient (Wildman–Crippen LogP) is 3.36. The summed E-state index contributed by atoms with van der Waals surface area (Å²) in [5.74, 6) is 0. The SMILES string of the molecule is Cc1cc(=O)n(Cc2ccccc2)c2ccccc12. The van der Waals surface area contributed by atoms with Gasteiger partial charge in [0.25, 0.3) is 5.56 Å². The van der Waals surface area contributed by atoms with Crippen LogP contribution in [0.25, 0.3) is 10.9 Å². The average Bonchev–Trinajstić information content (AvgIpc) is 2.45. The molecule has 0 fully saturated rings. The van der Waals surface area contributed by atoms with E-state index >= 15 is 0 Å². The number of pyridine rings is 1. The molecule has 1 aromatic heterocycles. The Balaban J connectivity index is 2.21. The topological polar surface area (TPSA) is 22.0 Å². The molecular weight excluding hydrogens is 234 g/mol. The van der Waals surface area contributed by atoms with E-state index in [4.69, 9.17) is 0 Å². The molecule has 0 radical (unpaired) electrons. The largest absolute Gasteiger partial charge is 0.304 e. The molecule has 19 heavy (non-hydrogen) atoms. The van der Waals surface area contributed by atoms with E-state index in [0.29, 0.717) is 6.54 Å². The normalized spacial score (nSPS) is 10.8. The van der Waals surface area contributed by atoms with Crippen molar-refractivity contribution in [3.8, 4) is 0 Å². The molecule has 0 amide bonds. The number of rotatable bonds is 2. The molecule has 2 nitrogen and oxygen atoms in total. The van der Waals surface area contributed by atoms with Crippen LogP contribution in [0.15, 0.2) is 65.5 Å². The maximum Gasteiger partial charge on any atom is 0.251 e. The highest BCUT2D eigenvalue weighted by Crippen LogP contribution is 2.16. The minimum Gasteiger partial charge on any atom is -0.304 e. The maximum absolute atomic E-state index is 12.2. The van der Waals surface area contributed by atoms with Crippen molar-refractivity contribution in [1.29, 1.82) is 0 Å². The Bertz CT molecular complexity index is 772. The molecule has 3 aromatic rings. The highest BCUT2D eigenvalue weighted by atomic mass is 16.1. The molecule has 2 aromatic carbocycles. The van der Waals surface area contributed by atoms with Crippen LogP contribution in [0, 0.1) is 6.92 Å². The van der Waals surface area contributed by atoms with Crippen molar-refractivity contribution in [1.82, 2.24) is 4.57 Å². The van der Waals surface area contributed by atoms with Gasteiger partial charge in [-0.15, -0.1) is 0 Å². The van der Waals surface area contributed by atoms with Crippen LogP contribution in [0.5, 0.6) is 0 Å². The summed E-state index contributed by atoms with van der Waals surface area (Å²) in [5.41, 5.74) is 3.22. The van der Waals surface area contributed by atoms with E-state index in [9.17, 15) is 4.79 Å². The summed E-state index contributed by atoms with van der Waals surface area (Å²) < 4.78 is 1.83. The minimum atomic E-state index is 0.0556. The molecule has 0 aliphatic carbocycles. The van der Waals surface area contributed by atoms with E-state index in [1.54, 1.807) is 6.07 Å². The van der Waals surface area contributed by atoms with Crippen molar-refractivity contribution in [3.05, 3.63) is 82.1 Å². The van der Waals surface area contributed by atoms with Crippen molar-refractivity contribution < 1.29 is 0 Å². The molecule has 0 aliphatic rings. The van der Waals surface area contributed by atoms with Crippen LogP contribution in [0.4, 0.5) is 0 Å². The Morgan fingerprint density at radius 3 is 2.42 bits per heavy atom. The Hall–Kier alpha value is -2.35. The monoisotopic (exact) mass is 249 g/mol. The first-order valence-corrected chi connectivity index (χ1v) is 6.39. The van der Waals surface area contributed by atoms with Crippen molar-refractivity contribution >= 4 is 10.9 Å². The van der Waals surface area contributed by atoms with Gasteiger partial charge in [-0.2, -0.15) is 0 Å². The number of fused-ring (bicyclic) bond motifs is 1. The van der Waals surface area contributed by atoms with Crippen molar-refractivity contribution in [2.75, 3.05) is 0 Å². The van der Waals surface area contributed by atoms with Gasteiger partial charge in [-0.25, -0.2) is 0 Å². The molecular formula is C17H15NO. The average molecular weight is 249 g/mol. The molecule has 1 heterocycles. The molecule has 0 aliphatic heterocycles. The minimum absolute atomic E-state index is 0.0556. The summed E-state index contributed by atoms with van der Waals surface area (Å²) in [4.78, 5) is 12.2. The fourth-order valence-corrected chi connectivity index (χ4v) is 2.43. The predicted molar refractivity (Wildman–Crippen MR) is 78.5 cm³/mol. The van der Waals surface area contributed by atoms with E-state index in [2.05, 4.69) is 6.07 Å². The first-order valence-electron chi connectivity index (χ1n) is 6.39. The lowest BCUT2D eigenvalue weighted by Crippen LogP contribution is -2.20. The maximum atomic E-state index is 12.2. The van der Waals surface area contributed by atoms with Crippen LogP contribution in [0.1, 0.15) is 11.1 Å². The first-order chi connectivity index (χ1) is 9.25. The molecule has 0 saturated carbocycles. The summed E-state index contributed by atoms with van der Waals surface area (Å²) in [6.45, 7) is 2.59. The van der Waals surface area contributed by atoms with E-state index in [1.807, 2.05) is 60.0 Å². The fourth-order valence-electron chi connectivity index (χ4n) is 2.43. The zero-order chi connectivity index (χ0) is 13.2. The Labute approximate surface area is 111 Å². The zero-order valence-electron chi connectivity index (χ0n) is 10.8. The smallest absolute Gasteiger partial charge is 0.251 e. The molecule has 0 atom stereocenters. The highest BCUT2D eigenvalue weighted by molar-refractivity contribution is 5.82. The Kier molecular flexibility index (Phi) is 2.92. The number of nitrogens with zero attached hydrogens (tertiary/aromatic N) is 1. The number of aromatic nitrogens is 1.